The molecule has 3 rings (SSSR count). The molecule has 2 aromatic carbocycles. The zero-order valence-corrected chi connectivity index (χ0v) is 12.5. The minimum absolute atomic E-state index is 0.653. The van der Waals surface area contributed by atoms with Gasteiger partial charge in [-0.3, -0.25) is 4.98 Å². The van der Waals surface area contributed by atoms with Gasteiger partial charge in [-0.2, -0.15) is 0 Å². The average molecular weight is 329 g/mol. The molecule has 0 amide bonds. The van der Waals surface area contributed by atoms with Crippen molar-refractivity contribution < 1.29 is 4.74 Å². The number of hydrogen-bond donors (Lipinski definition) is 1. The van der Waals surface area contributed by atoms with E-state index in [1.807, 2.05) is 49.4 Å². The summed E-state index contributed by atoms with van der Waals surface area (Å²) in [4.78, 5) is 4.31. The van der Waals surface area contributed by atoms with Crippen molar-refractivity contribution in [3.63, 3.8) is 0 Å². The largest absolute Gasteiger partial charge is 0.456 e. The number of para-hydroxylation sites is 1. The molecule has 0 aliphatic rings. The highest BCUT2D eigenvalue weighted by Crippen LogP contribution is 2.33. The number of ether oxygens (including phenoxy) is 1. The Morgan fingerprint density at radius 1 is 1.10 bits per heavy atom. The summed E-state index contributed by atoms with van der Waals surface area (Å²) in [6.07, 6.45) is 1.71. The molecule has 0 spiro atoms. The maximum absolute atomic E-state index is 6.02. The van der Waals surface area contributed by atoms with Gasteiger partial charge in [0.1, 0.15) is 11.5 Å². The zero-order chi connectivity index (χ0) is 14.1. The van der Waals surface area contributed by atoms with Gasteiger partial charge in [-0.1, -0.05) is 22.0 Å². The topological polar surface area (TPSA) is 48.1 Å². The first-order valence-electron chi connectivity index (χ1n) is 6.22. The van der Waals surface area contributed by atoms with Crippen LogP contribution in [0.15, 0.2) is 53.1 Å². The fourth-order valence-electron chi connectivity index (χ4n) is 2.11. The maximum Gasteiger partial charge on any atom is 0.138 e. The van der Waals surface area contributed by atoms with Crippen molar-refractivity contribution in [2.24, 2.45) is 0 Å². The third kappa shape index (κ3) is 2.34. The van der Waals surface area contributed by atoms with Crippen LogP contribution in [-0.4, -0.2) is 4.98 Å². The van der Waals surface area contributed by atoms with Crippen LogP contribution in [0.4, 0.5) is 5.69 Å². The molecule has 0 atom stereocenters. The molecule has 100 valence electrons. The lowest BCUT2D eigenvalue weighted by molar-refractivity contribution is 0.484. The van der Waals surface area contributed by atoms with Crippen LogP contribution in [0.5, 0.6) is 11.5 Å². The number of aryl methyl sites for hydroxylation is 1. The van der Waals surface area contributed by atoms with Gasteiger partial charge in [-0.25, -0.2) is 0 Å². The van der Waals surface area contributed by atoms with Crippen LogP contribution in [0.2, 0.25) is 0 Å². The lowest BCUT2D eigenvalue weighted by Gasteiger charge is -2.11. The molecule has 0 bridgehead atoms. The summed E-state index contributed by atoms with van der Waals surface area (Å²) in [7, 11) is 0. The van der Waals surface area contributed by atoms with Gasteiger partial charge in [0, 0.05) is 16.1 Å². The number of halogens is 1. The average Bonchev–Trinajstić information content (AvgIpc) is 2.43. The molecular formula is C16H13BrN2O. The van der Waals surface area contributed by atoms with Gasteiger partial charge in [-0.15, -0.1) is 0 Å². The van der Waals surface area contributed by atoms with Crippen LogP contribution in [0.25, 0.3) is 10.9 Å². The van der Waals surface area contributed by atoms with Gasteiger partial charge >= 0.3 is 0 Å². The molecule has 3 nitrogen and oxygen atoms in total. The second-order valence-electron chi connectivity index (χ2n) is 4.56. The summed E-state index contributed by atoms with van der Waals surface area (Å²) in [6.45, 7) is 2.01. The Hall–Kier alpha value is -2.07. The van der Waals surface area contributed by atoms with Crippen LogP contribution in [0.3, 0.4) is 0 Å². The van der Waals surface area contributed by atoms with Crippen molar-refractivity contribution in [1.82, 2.24) is 4.98 Å². The number of hydrogen-bond acceptors (Lipinski definition) is 3. The second kappa shape index (κ2) is 5.13. The molecule has 4 heteroatoms. The highest BCUT2D eigenvalue weighted by molar-refractivity contribution is 9.10. The molecule has 0 saturated heterocycles. The van der Waals surface area contributed by atoms with E-state index in [1.165, 1.54) is 0 Å². The molecule has 0 radical (unpaired) electrons. The van der Waals surface area contributed by atoms with Crippen molar-refractivity contribution in [3.8, 4) is 11.5 Å². The Kier molecular flexibility index (Phi) is 3.32. The molecule has 2 N–H and O–H groups in total. The van der Waals surface area contributed by atoms with Crippen LogP contribution in [0, 0.1) is 6.92 Å². The molecule has 20 heavy (non-hydrogen) atoms. The van der Waals surface area contributed by atoms with E-state index in [4.69, 9.17) is 10.5 Å². The lowest BCUT2D eigenvalue weighted by atomic mass is 10.1. The Morgan fingerprint density at radius 2 is 1.95 bits per heavy atom. The third-order valence-corrected chi connectivity index (χ3v) is 3.61. The van der Waals surface area contributed by atoms with Crippen LogP contribution >= 0.6 is 15.9 Å². The van der Waals surface area contributed by atoms with E-state index in [2.05, 4.69) is 20.9 Å². The SMILES string of the molecule is Cc1cc(Br)ccc1Oc1ccnc2c(N)cccc12. The van der Waals surface area contributed by atoms with Gasteiger partial charge in [0.25, 0.3) is 0 Å². The fraction of sp³-hybridized carbons (Fsp3) is 0.0625. The molecule has 0 aliphatic carbocycles. The standard InChI is InChI=1S/C16H13BrN2O/c1-10-9-11(17)5-6-14(10)20-15-7-8-19-16-12(15)3-2-4-13(16)18/h2-9H,18H2,1H3. The Morgan fingerprint density at radius 3 is 2.75 bits per heavy atom. The minimum Gasteiger partial charge on any atom is -0.456 e. The molecule has 1 heterocycles. The highest BCUT2D eigenvalue weighted by Gasteiger charge is 2.08. The number of aromatic nitrogens is 1. The lowest BCUT2D eigenvalue weighted by Crippen LogP contribution is -1.93. The Bertz CT molecular complexity index is 787. The maximum atomic E-state index is 6.02. The quantitative estimate of drug-likeness (QED) is 0.695. The first kappa shape index (κ1) is 12.9. The van der Waals surface area contributed by atoms with E-state index >= 15 is 0 Å². The van der Waals surface area contributed by atoms with E-state index in [1.54, 1.807) is 6.20 Å². The summed E-state index contributed by atoms with van der Waals surface area (Å²) in [6, 6.07) is 13.5. The molecule has 3 aromatic rings. The van der Waals surface area contributed by atoms with Gasteiger partial charge in [0.2, 0.25) is 0 Å². The van der Waals surface area contributed by atoms with Crippen molar-refractivity contribution >= 4 is 32.5 Å². The predicted molar refractivity (Wildman–Crippen MR) is 85.1 cm³/mol. The number of benzene rings is 2. The predicted octanol–water partition coefficient (Wildman–Crippen LogP) is 4.68. The van der Waals surface area contributed by atoms with Crippen molar-refractivity contribution in [2.45, 2.75) is 6.92 Å². The molecule has 0 aliphatic heterocycles. The summed E-state index contributed by atoms with van der Waals surface area (Å²) in [5.41, 5.74) is 8.42. The van der Waals surface area contributed by atoms with E-state index in [9.17, 15) is 0 Å². The molecular weight excluding hydrogens is 316 g/mol. The van der Waals surface area contributed by atoms with Crippen LogP contribution < -0.4 is 10.5 Å². The number of anilines is 1. The van der Waals surface area contributed by atoms with Gasteiger partial charge in [0.05, 0.1) is 11.2 Å². The summed E-state index contributed by atoms with van der Waals surface area (Å²) < 4.78 is 7.05. The summed E-state index contributed by atoms with van der Waals surface area (Å²) >= 11 is 3.45. The van der Waals surface area contributed by atoms with Gasteiger partial charge < -0.3 is 10.5 Å². The van der Waals surface area contributed by atoms with Gasteiger partial charge in [-0.05, 0) is 48.9 Å². The number of nitrogens with zero attached hydrogens (tertiary/aromatic N) is 1. The van der Waals surface area contributed by atoms with Crippen molar-refractivity contribution in [2.75, 3.05) is 5.73 Å². The molecule has 1 aromatic heterocycles. The Balaban J connectivity index is 2.09. The van der Waals surface area contributed by atoms with E-state index in [-0.39, 0.29) is 0 Å². The summed E-state index contributed by atoms with van der Waals surface area (Å²) in [5, 5.41) is 0.912. The first-order valence-corrected chi connectivity index (χ1v) is 7.01. The smallest absolute Gasteiger partial charge is 0.138 e. The van der Waals surface area contributed by atoms with Gasteiger partial charge in [0.15, 0.2) is 0 Å². The number of pyridine rings is 1. The summed E-state index contributed by atoms with van der Waals surface area (Å²) in [5.74, 6) is 1.58. The number of fused-ring (bicyclic) bond motifs is 1. The first-order chi connectivity index (χ1) is 9.65. The fourth-order valence-corrected chi connectivity index (χ4v) is 2.58. The normalized spacial score (nSPS) is 10.7. The minimum atomic E-state index is 0.653. The van der Waals surface area contributed by atoms with Crippen LogP contribution in [0.1, 0.15) is 5.56 Å². The third-order valence-electron chi connectivity index (χ3n) is 3.12. The number of nitrogens with two attached hydrogens (primary N) is 1. The molecule has 0 fully saturated rings. The van der Waals surface area contributed by atoms with Crippen molar-refractivity contribution in [3.05, 3.63) is 58.7 Å². The van der Waals surface area contributed by atoms with E-state index < -0.39 is 0 Å². The molecule has 0 saturated carbocycles. The van der Waals surface area contributed by atoms with E-state index in [0.29, 0.717) is 5.69 Å². The second-order valence-corrected chi connectivity index (χ2v) is 5.48. The Labute approximate surface area is 125 Å². The van der Waals surface area contributed by atoms with E-state index in [0.717, 1.165) is 32.4 Å². The van der Waals surface area contributed by atoms with Crippen molar-refractivity contribution in [1.29, 1.82) is 0 Å². The monoisotopic (exact) mass is 328 g/mol. The number of rotatable bonds is 2. The highest BCUT2D eigenvalue weighted by atomic mass is 79.9. The zero-order valence-electron chi connectivity index (χ0n) is 10.9. The van der Waals surface area contributed by atoms with Crippen LogP contribution in [-0.2, 0) is 0 Å². The molecule has 0 unspecified atom stereocenters. The number of nitrogen functional groups attached to an aromatic ring is 1.